The molecule has 0 aromatic heterocycles. The highest BCUT2D eigenvalue weighted by molar-refractivity contribution is 5.42. The van der Waals surface area contributed by atoms with E-state index in [1.54, 1.807) is 0 Å². The maximum atomic E-state index is 3.47. The number of anilines is 1. The molecule has 0 unspecified atom stereocenters. The molecule has 2 rings (SSSR count). The van der Waals surface area contributed by atoms with Crippen molar-refractivity contribution in [3.63, 3.8) is 0 Å². The van der Waals surface area contributed by atoms with E-state index in [9.17, 15) is 0 Å². The van der Waals surface area contributed by atoms with Gasteiger partial charge in [0, 0.05) is 12.2 Å². The van der Waals surface area contributed by atoms with E-state index in [-0.39, 0.29) is 5.41 Å². The lowest BCUT2D eigenvalue weighted by Crippen LogP contribution is -2.21. The van der Waals surface area contributed by atoms with Crippen LogP contribution >= 0.6 is 0 Å². The van der Waals surface area contributed by atoms with Crippen LogP contribution in [0.1, 0.15) is 25.8 Å². The summed E-state index contributed by atoms with van der Waals surface area (Å²) in [4.78, 5) is 0. The molecular formula is C17H21N. The fourth-order valence-electron chi connectivity index (χ4n) is 2.11. The van der Waals surface area contributed by atoms with Crippen LogP contribution in [0.5, 0.6) is 0 Å². The van der Waals surface area contributed by atoms with Crippen molar-refractivity contribution in [2.24, 2.45) is 0 Å². The van der Waals surface area contributed by atoms with Gasteiger partial charge in [0.25, 0.3) is 0 Å². The second-order valence-electron chi connectivity index (χ2n) is 5.29. The third-order valence-corrected chi connectivity index (χ3v) is 3.41. The molecule has 2 aromatic rings. The Morgan fingerprint density at radius 2 is 1.39 bits per heavy atom. The van der Waals surface area contributed by atoms with E-state index in [4.69, 9.17) is 0 Å². The number of nitrogens with one attached hydrogen (secondary N) is 1. The van der Waals surface area contributed by atoms with Gasteiger partial charge in [-0.25, -0.2) is 0 Å². The molecule has 0 amide bonds. The van der Waals surface area contributed by atoms with E-state index in [1.807, 2.05) is 6.07 Å². The molecule has 0 saturated carbocycles. The first-order valence-electron chi connectivity index (χ1n) is 6.53. The summed E-state index contributed by atoms with van der Waals surface area (Å²) < 4.78 is 0. The zero-order chi connectivity index (χ0) is 12.8. The van der Waals surface area contributed by atoms with Crippen LogP contribution in [0.3, 0.4) is 0 Å². The zero-order valence-electron chi connectivity index (χ0n) is 11.2. The summed E-state index contributed by atoms with van der Waals surface area (Å²) in [6, 6.07) is 21.1. The van der Waals surface area contributed by atoms with Gasteiger partial charge >= 0.3 is 0 Å². The summed E-state index contributed by atoms with van der Waals surface area (Å²) in [5.41, 5.74) is 2.81. The van der Waals surface area contributed by atoms with E-state index in [1.165, 1.54) is 11.3 Å². The van der Waals surface area contributed by atoms with Crippen molar-refractivity contribution in [3.8, 4) is 0 Å². The maximum Gasteiger partial charge on any atom is 0.0340 e. The average Bonchev–Trinajstić information content (AvgIpc) is 2.41. The number of para-hydroxylation sites is 1. The number of rotatable bonds is 5. The minimum atomic E-state index is 0.211. The van der Waals surface area contributed by atoms with Gasteiger partial charge in [-0.05, 0) is 29.5 Å². The Hall–Kier alpha value is -1.76. The Morgan fingerprint density at radius 1 is 0.833 bits per heavy atom. The molecule has 0 radical (unpaired) electrons. The third kappa shape index (κ3) is 3.36. The SMILES string of the molecule is CC(C)(CCNc1ccccc1)c1ccccc1. The van der Waals surface area contributed by atoms with Gasteiger partial charge in [-0.15, -0.1) is 0 Å². The summed E-state index contributed by atoms with van der Waals surface area (Å²) >= 11 is 0. The van der Waals surface area contributed by atoms with Crippen LogP contribution in [0.2, 0.25) is 0 Å². The normalized spacial score (nSPS) is 11.2. The first kappa shape index (κ1) is 12.7. The predicted octanol–water partition coefficient (Wildman–Crippen LogP) is 4.47. The molecule has 0 aliphatic carbocycles. The minimum absolute atomic E-state index is 0.211. The lowest BCUT2D eigenvalue weighted by Gasteiger charge is -2.25. The second kappa shape index (κ2) is 5.72. The van der Waals surface area contributed by atoms with Crippen molar-refractivity contribution in [1.29, 1.82) is 0 Å². The van der Waals surface area contributed by atoms with E-state index in [0.29, 0.717) is 0 Å². The highest BCUT2D eigenvalue weighted by Gasteiger charge is 2.19. The van der Waals surface area contributed by atoms with Crippen LogP contribution in [-0.4, -0.2) is 6.54 Å². The van der Waals surface area contributed by atoms with Crippen LogP contribution in [0.4, 0.5) is 5.69 Å². The van der Waals surface area contributed by atoms with Crippen molar-refractivity contribution in [2.45, 2.75) is 25.7 Å². The Morgan fingerprint density at radius 3 is 2.00 bits per heavy atom. The van der Waals surface area contributed by atoms with E-state index in [0.717, 1.165) is 13.0 Å². The quantitative estimate of drug-likeness (QED) is 0.812. The first-order chi connectivity index (χ1) is 8.68. The lowest BCUT2D eigenvalue weighted by atomic mass is 9.81. The van der Waals surface area contributed by atoms with Crippen molar-refractivity contribution >= 4 is 5.69 Å². The Balaban J connectivity index is 1.90. The molecule has 1 N–H and O–H groups in total. The highest BCUT2D eigenvalue weighted by Crippen LogP contribution is 2.26. The van der Waals surface area contributed by atoms with Gasteiger partial charge < -0.3 is 5.32 Å². The topological polar surface area (TPSA) is 12.0 Å². The van der Waals surface area contributed by atoms with E-state index >= 15 is 0 Å². The molecule has 2 aromatic carbocycles. The van der Waals surface area contributed by atoms with Gasteiger partial charge in [0.05, 0.1) is 0 Å². The molecule has 0 aliphatic heterocycles. The minimum Gasteiger partial charge on any atom is -0.385 e. The second-order valence-corrected chi connectivity index (χ2v) is 5.29. The van der Waals surface area contributed by atoms with Crippen molar-refractivity contribution < 1.29 is 0 Å². The fourth-order valence-corrected chi connectivity index (χ4v) is 2.11. The van der Waals surface area contributed by atoms with Crippen molar-refractivity contribution in [2.75, 3.05) is 11.9 Å². The molecule has 0 spiro atoms. The number of benzene rings is 2. The molecule has 1 nitrogen and oxygen atoms in total. The Bertz CT molecular complexity index is 459. The van der Waals surface area contributed by atoms with Crippen LogP contribution < -0.4 is 5.32 Å². The van der Waals surface area contributed by atoms with Gasteiger partial charge in [-0.3, -0.25) is 0 Å². The van der Waals surface area contributed by atoms with E-state index < -0.39 is 0 Å². The lowest BCUT2D eigenvalue weighted by molar-refractivity contribution is 0.495. The third-order valence-electron chi connectivity index (χ3n) is 3.41. The van der Waals surface area contributed by atoms with Gasteiger partial charge in [-0.2, -0.15) is 0 Å². The molecule has 0 bridgehead atoms. The summed E-state index contributed by atoms with van der Waals surface area (Å²) in [5, 5.41) is 3.47. The van der Waals surface area contributed by atoms with Gasteiger partial charge in [0.15, 0.2) is 0 Å². The average molecular weight is 239 g/mol. The molecule has 0 fully saturated rings. The fraction of sp³-hybridized carbons (Fsp3) is 0.294. The standard InChI is InChI=1S/C17H21N/c1-17(2,15-9-5-3-6-10-15)13-14-18-16-11-7-4-8-12-16/h3-12,18H,13-14H2,1-2H3. The predicted molar refractivity (Wildman–Crippen MR) is 79.0 cm³/mol. The molecule has 1 heteroatoms. The molecule has 0 heterocycles. The molecule has 94 valence electrons. The molecule has 0 saturated heterocycles. The summed E-state index contributed by atoms with van der Waals surface area (Å²) in [6.45, 7) is 5.59. The summed E-state index contributed by atoms with van der Waals surface area (Å²) in [6.07, 6.45) is 1.12. The smallest absolute Gasteiger partial charge is 0.0340 e. The first-order valence-corrected chi connectivity index (χ1v) is 6.53. The van der Waals surface area contributed by atoms with E-state index in [2.05, 4.69) is 73.8 Å². The van der Waals surface area contributed by atoms with Crippen LogP contribution in [-0.2, 0) is 5.41 Å². The zero-order valence-corrected chi connectivity index (χ0v) is 11.2. The van der Waals surface area contributed by atoms with Crippen LogP contribution in [0, 0.1) is 0 Å². The monoisotopic (exact) mass is 239 g/mol. The Labute approximate surface area is 110 Å². The van der Waals surface area contributed by atoms with Crippen LogP contribution in [0.25, 0.3) is 0 Å². The molecular weight excluding hydrogens is 218 g/mol. The Kier molecular flexibility index (Phi) is 4.03. The van der Waals surface area contributed by atoms with Crippen molar-refractivity contribution in [3.05, 3.63) is 66.2 Å². The maximum absolute atomic E-state index is 3.47. The summed E-state index contributed by atoms with van der Waals surface area (Å²) in [5.74, 6) is 0. The number of hydrogen-bond donors (Lipinski definition) is 1. The molecule has 0 aliphatic rings. The van der Waals surface area contributed by atoms with Gasteiger partial charge in [0.1, 0.15) is 0 Å². The van der Waals surface area contributed by atoms with Gasteiger partial charge in [0.2, 0.25) is 0 Å². The van der Waals surface area contributed by atoms with Gasteiger partial charge in [-0.1, -0.05) is 62.4 Å². The number of hydrogen-bond acceptors (Lipinski definition) is 1. The molecule has 0 atom stereocenters. The van der Waals surface area contributed by atoms with Crippen molar-refractivity contribution in [1.82, 2.24) is 0 Å². The highest BCUT2D eigenvalue weighted by atomic mass is 14.9. The summed E-state index contributed by atoms with van der Waals surface area (Å²) in [7, 11) is 0. The molecule has 18 heavy (non-hydrogen) atoms. The largest absolute Gasteiger partial charge is 0.385 e. The van der Waals surface area contributed by atoms with Crippen LogP contribution in [0.15, 0.2) is 60.7 Å².